The largest absolute Gasteiger partial charge is 0.401 e. The minimum absolute atomic E-state index is 0.145. The Morgan fingerprint density at radius 3 is 2.81 bits per heavy atom. The molecule has 3 saturated heterocycles. The molecule has 176 valence electrons. The van der Waals surface area contributed by atoms with Gasteiger partial charge in [-0.15, -0.1) is 10.2 Å². The smallest absolute Gasteiger partial charge is 0.384 e. The highest BCUT2D eigenvalue weighted by atomic mass is 19.4. The van der Waals surface area contributed by atoms with Gasteiger partial charge in [-0.3, -0.25) is 9.47 Å². The third-order valence-electron chi connectivity index (χ3n) is 6.67. The van der Waals surface area contributed by atoms with Gasteiger partial charge in [0, 0.05) is 57.8 Å². The van der Waals surface area contributed by atoms with Crippen molar-refractivity contribution in [1.29, 1.82) is 0 Å². The average Bonchev–Trinajstić information content (AvgIpc) is 3.47. The molecular formula is C20H32F3N5O3. The molecule has 31 heavy (non-hydrogen) atoms. The zero-order valence-electron chi connectivity index (χ0n) is 18.2. The quantitative estimate of drug-likeness (QED) is 0.605. The van der Waals surface area contributed by atoms with E-state index in [4.69, 9.17) is 14.2 Å². The summed E-state index contributed by atoms with van der Waals surface area (Å²) in [6, 6.07) is 0. The van der Waals surface area contributed by atoms with E-state index in [-0.39, 0.29) is 24.0 Å². The normalized spacial score (nSPS) is 29.2. The summed E-state index contributed by atoms with van der Waals surface area (Å²) < 4.78 is 57.3. The summed E-state index contributed by atoms with van der Waals surface area (Å²) in [6.07, 6.45) is -1.58. The second kappa shape index (κ2) is 9.21. The summed E-state index contributed by atoms with van der Waals surface area (Å²) in [4.78, 5) is 3.49. The van der Waals surface area contributed by atoms with Gasteiger partial charge in [0.2, 0.25) is 5.95 Å². The molecule has 1 unspecified atom stereocenters. The van der Waals surface area contributed by atoms with Crippen molar-refractivity contribution >= 4 is 5.95 Å². The zero-order valence-corrected chi connectivity index (χ0v) is 18.2. The van der Waals surface area contributed by atoms with E-state index in [1.165, 1.54) is 11.9 Å². The van der Waals surface area contributed by atoms with Crippen LogP contribution in [0.2, 0.25) is 0 Å². The molecule has 1 aromatic heterocycles. The fourth-order valence-electron chi connectivity index (χ4n) is 5.00. The predicted octanol–water partition coefficient (Wildman–Crippen LogP) is 2.11. The third kappa shape index (κ3) is 5.15. The highest BCUT2D eigenvalue weighted by Crippen LogP contribution is 2.41. The first-order valence-corrected chi connectivity index (χ1v) is 10.9. The van der Waals surface area contributed by atoms with Gasteiger partial charge in [-0.2, -0.15) is 13.2 Å². The molecule has 0 saturated carbocycles. The molecule has 3 atom stereocenters. The first-order chi connectivity index (χ1) is 14.8. The van der Waals surface area contributed by atoms with Crippen LogP contribution in [-0.4, -0.2) is 92.6 Å². The molecule has 0 N–H and O–H groups in total. The molecule has 1 spiro atoms. The van der Waals surface area contributed by atoms with Gasteiger partial charge in [-0.25, -0.2) is 0 Å². The van der Waals surface area contributed by atoms with Crippen molar-refractivity contribution in [2.75, 3.05) is 71.7 Å². The van der Waals surface area contributed by atoms with E-state index < -0.39 is 12.7 Å². The van der Waals surface area contributed by atoms with Crippen molar-refractivity contribution in [1.82, 2.24) is 19.7 Å². The van der Waals surface area contributed by atoms with Crippen molar-refractivity contribution in [3.8, 4) is 0 Å². The zero-order chi connectivity index (χ0) is 22.1. The highest BCUT2D eigenvalue weighted by molar-refractivity contribution is 5.35. The fraction of sp³-hybridized carbons (Fsp3) is 0.900. The van der Waals surface area contributed by atoms with E-state index in [9.17, 15) is 13.2 Å². The van der Waals surface area contributed by atoms with Crippen LogP contribution in [0.25, 0.3) is 0 Å². The molecule has 1 aromatic rings. The SMILES string of the molecule is COC[C@@H]1CCO[C@@H]1c1nnc(N2CCC3(CCOC3)C2)n1CCN(C)CC(F)(F)F. The van der Waals surface area contributed by atoms with Crippen molar-refractivity contribution in [2.45, 2.75) is 38.1 Å². The molecule has 3 fully saturated rings. The van der Waals surface area contributed by atoms with Gasteiger partial charge < -0.3 is 19.1 Å². The lowest BCUT2D eigenvalue weighted by molar-refractivity contribution is -0.143. The van der Waals surface area contributed by atoms with E-state index in [1.807, 2.05) is 4.57 Å². The lowest BCUT2D eigenvalue weighted by Gasteiger charge is -2.25. The molecule has 0 bridgehead atoms. The van der Waals surface area contributed by atoms with E-state index in [1.54, 1.807) is 7.11 Å². The number of anilines is 1. The van der Waals surface area contributed by atoms with E-state index >= 15 is 0 Å². The second-order valence-electron chi connectivity index (χ2n) is 9.13. The molecule has 11 heteroatoms. The first-order valence-electron chi connectivity index (χ1n) is 10.9. The summed E-state index contributed by atoms with van der Waals surface area (Å²) in [5.74, 6) is 1.55. The molecule has 8 nitrogen and oxygen atoms in total. The molecule has 0 aromatic carbocycles. The number of nitrogens with zero attached hydrogens (tertiary/aromatic N) is 5. The number of rotatable bonds is 8. The maximum absolute atomic E-state index is 12.8. The Balaban J connectivity index is 1.55. The maximum Gasteiger partial charge on any atom is 0.401 e. The Labute approximate surface area is 180 Å². The van der Waals surface area contributed by atoms with Crippen molar-refractivity contribution in [3.63, 3.8) is 0 Å². The summed E-state index contributed by atoms with van der Waals surface area (Å²) in [7, 11) is 3.14. The Kier molecular flexibility index (Phi) is 6.76. The maximum atomic E-state index is 12.8. The third-order valence-corrected chi connectivity index (χ3v) is 6.67. The van der Waals surface area contributed by atoms with Crippen LogP contribution in [0, 0.1) is 11.3 Å². The standard InChI is InChI=1S/C20H32F3N5O3/c1-26(13-20(21,22)23)7-8-28-17(16-15(11-29-2)3-9-31-16)24-25-18(28)27-6-4-19(12-27)5-10-30-14-19/h15-16H,3-14H2,1-2H3/t15-,16-,19?/m0/s1. The van der Waals surface area contributed by atoms with Gasteiger partial charge in [0.05, 0.1) is 19.8 Å². The van der Waals surface area contributed by atoms with E-state index in [0.29, 0.717) is 31.5 Å². The Morgan fingerprint density at radius 2 is 2.10 bits per heavy atom. The molecular weight excluding hydrogens is 415 g/mol. The van der Waals surface area contributed by atoms with Gasteiger partial charge >= 0.3 is 6.18 Å². The molecule has 3 aliphatic heterocycles. The van der Waals surface area contributed by atoms with E-state index in [0.717, 1.165) is 45.6 Å². The van der Waals surface area contributed by atoms with Crippen molar-refractivity contribution in [2.24, 2.45) is 11.3 Å². The molecule has 4 rings (SSSR count). The molecule has 0 aliphatic carbocycles. The van der Waals surface area contributed by atoms with Crippen LogP contribution in [0.3, 0.4) is 0 Å². The highest BCUT2D eigenvalue weighted by Gasteiger charge is 2.43. The fourth-order valence-corrected chi connectivity index (χ4v) is 5.00. The Hall–Kier alpha value is -1.43. The predicted molar refractivity (Wildman–Crippen MR) is 107 cm³/mol. The van der Waals surface area contributed by atoms with Crippen LogP contribution >= 0.6 is 0 Å². The number of aromatic nitrogens is 3. The minimum atomic E-state index is -4.23. The first kappa shape index (κ1) is 22.8. The summed E-state index contributed by atoms with van der Waals surface area (Å²) in [6.45, 7) is 4.01. The molecule has 0 amide bonds. The number of halogens is 3. The van der Waals surface area contributed by atoms with Crippen LogP contribution in [0.1, 0.15) is 31.2 Å². The lowest BCUT2D eigenvalue weighted by atomic mass is 9.87. The molecule has 3 aliphatic rings. The van der Waals surface area contributed by atoms with E-state index in [2.05, 4.69) is 15.1 Å². The number of alkyl halides is 3. The number of hydrogen-bond donors (Lipinski definition) is 0. The number of likely N-dealkylation sites (N-methyl/N-ethyl adjacent to an activating group) is 1. The Morgan fingerprint density at radius 1 is 1.26 bits per heavy atom. The molecule has 4 heterocycles. The van der Waals surface area contributed by atoms with Gasteiger partial charge in [-0.05, 0) is 26.3 Å². The van der Waals surface area contributed by atoms with Gasteiger partial charge in [0.15, 0.2) is 5.82 Å². The summed E-state index contributed by atoms with van der Waals surface area (Å²) in [5.41, 5.74) is 0.145. The lowest BCUT2D eigenvalue weighted by Crippen LogP contribution is -2.35. The van der Waals surface area contributed by atoms with Crippen LogP contribution in [0.15, 0.2) is 0 Å². The Bertz CT molecular complexity index is 738. The van der Waals surface area contributed by atoms with Gasteiger partial charge in [0.1, 0.15) is 6.10 Å². The van der Waals surface area contributed by atoms with Gasteiger partial charge in [-0.1, -0.05) is 0 Å². The monoisotopic (exact) mass is 447 g/mol. The minimum Gasteiger partial charge on any atom is -0.384 e. The number of methoxy groups -OCH3 is 1. The van der Waals surface area contributed by atoms with Crippen LogP contribution in [0.4, 0.5) is 19.1 Å². The summed E-state index contributed by atoms with van der Waals surface area (Å²) in [5, 5.41) is 8.94. The molecule has 0 radical (unpaired) electrons. The van der Waals surface area contributed by atoms with Crippen LogP contribution in [0.5, 0.6) is 0 Å². The second-order valence-corrected chi connectivity index (χ2v) is 9.13. The topological polar surface area (TPSA) is 64.9 Å². The van der Waals surface area contributed by atoms with Crippen LogP contribution < -0.4 is 4.90 Å². The van der Waals surface area contributed by atoms with Crippen molar-refractivity contribution < 1.29 is 27.4 Å². The average molecular weight is 448 g/mol. The number of ether oxygens (including phenoxy) is 3. The number of hydrogen-bond acceptors (Lipinski definition) is 7. The van der Waals surface area contributed by atoms with Crippen LogP contribution in [-0.2, 0) is 20.8 Å². The van der Waals surface area contributed by atoms with Gasteiger partial charge in [0.25, 0.3) is 0 Å². The van der Waals surface area contributed by atoms with Crippen molar-refractivity contribution in [3.05, 3.63) is 5.82 Å². The summed E-state index contributed by atoms with van der Waals surface area (Å²) >= 11 is 0.